The average Bonchev–Trinajstić information content (AvgIpc) is 3.22. The first-order valence-corrected chi connectivity index (χ1v) is 9.58. The summed E-state index contributed by atoms with van der Waals surface area (Å²) >= 11 is 5.76. The molecule has 1 aromatic heterocycles. The van der Waals surface area contributed by atoms with E-state index >= 15 is 0 Å². The summed E-state index contributed by atoms with van der Waals surface area (Å²) in [5.41, 5.74) is 3.59. The van der Waals surface area contributed by atoms with Crippen LogP contribution in [0.15, 0.2) is 48.8 Å². The molecule has 3 aromatic rings. The highest BCUT2D eigenvalue weighted by Crippen LogP contribution is 2.35. The summed E-state index contributed by atoms with van der Waals surface area (Å²) in [5, 5.41) is 3.81. The van der Waals surface area contributed by atoms with Crippen molar-refractivity contribution in [1.29, 1.82) is 0 Å². The molecule has 150 valence electrons. The zero-order chi connectivity index (χ0) is 20.4. The van der Waals surface area contributed by atoms with Gasteiger partial charge in [-0.25, -0.2) is 9.37 Å². The van der Waals surface area contributed by atoms with Crippen molar-refractivity contribution < 1.29 is 13.9 Å². The number of hydrogen-bond donors (Lipinski definition) is 2. The Hall–Kier alpha value is -3.13. The molecule has 4 rings (SSSR count). The standard InChI is InChI=1S/C21H21FN4O2S/c1-27-15-7-8-18(28-2)17(11-15)25-21(29)26-10-9-16-19(24-12-23-16)20(26)13-3-5-14(22)6-4-13/h3-8,11-12,20H,9-10H2,1-2H3,(H,23,24)(H,25,29)/t20-/m0/s1. The summed E-state index contributed by atoms with van der Waals surface area (Å²) in [5.74, 6) is 1.07. The number of anilines is 1. The molecule has 1 aliphatic heterocycles. The van der Waals surface area contributed by atoms with Gasteiger partial charge in [-0.15, -0.1) is 0 Å². The van der Waals surface area contributed by atoms with E-state index < -0.39 is 0 Å². The Kier molecular flexibility index (Phi) is 5.35. The van der Waals surface area contributed by atoms with Crippen LogP contribution in [0.1, 0.15) is 23.0 Å². The highest BCUT2D eigenvalue weighted by atomic mass is 32.1. The quantitative estimate of drug-likeness (QED) is 0.634. The van der Waals surface area contributed by atoms with Crippen molar-refractivity contribution in [2.45, 2.75) is 12.5 Å². The van der Waals surface area contributed by atoms with Gasteiger partial charge in [-0.3, -0.25) is 0 Å². The summed E-state index contributed by atoms with van der Waals surface area (Å²) in [6, 6.07) is 11.7. The van der Waals surface area contributed by atoms with Gasteiger partial charge >= 0.3 is 0 Å². The molecular weight excluding hydrogens is 391 g/mol. The van der Waals surface area contributed by atoms with E-state index in [1.807, 2.05) is 18.2 Å². The number of aromatic nitrogens is 2. The Labute approximate surface area is 173 Å². The fourth-order valence-corrected chi connectivity index (χ4v) is 3.88. The van der Waals surface area contributed by atoms with E-state index in [9.17, 15) is 4.39 Å². The molecule has 0 unspecified atom stereocenters. The van der Waals surface area contributed by atoms with Crippen molar-refractivity contribution >= 4 is 23.0 Å². The van der Waals surface area contributed by atoms with Crippen LogP contribution < -0.4 is 14.8 Å². The second-order valence-corrected chi connectivity index (χ2v) is 7.05. The van der Waals surface area contributed by atoms with Gasteiger partial charge in [0, 0.05) is 24.7 Å². The number of imidazole rings is 1. The molecule has 2 aromatic carbocycles. The minimum absolute atomic E-state index is 0.220. The first-order valence-electron chi connectivity index (χ1n) is 9.18. The third-order valence-corrected chi connectivity index (χ3v) is 5.36. The maximum atomic E-state index is 13.5. The Bertz CT molecular complexity index is 1020. The number of nitrogens with zero attached hydrogens (tertiary/aromatic N) is 2. The van der Waals surface area contributed by atoms with Gasteiger partial charge in [-0.05, 0) is 42.0 Å². The number of ether oxygens (including phenoxy) is 2. The van der Waals surface area contributed by atoms with Gasteiger partial charge < -0.3 is 24.7 Å². The Morgan fingerprint density at radius 1 is 1.21 bits per heavy atom. The van der Waals surface area contributed by atoms with Gasteiger partial charge in [0.15, 0.2) is 5.11 Å². The van der Waals surface area contributed by atoms with Crippen LogP contribution in [0, 0.1) is 5.82 Å². The van der Waals surface area contributed by atoms with E-state index in [-0.39, 0.29) is 11.9 Å². The van der Waals surface area contributed by atoms with Crippen LogP contribution in [-0.4, -0.2) is 40.7 Å². The van der Waals surface area contributed by atoms with Crippen molar-refractivity contribution in [2.75, 3.05) is 26.1 Å². The van der Waals surface area contributed by atoms with Crippen LogP contribution in [-0.2, 0) is 6.42 Å². The molecule has 1 atom stereocenters. The molecule has 0 saturated carbocycles. The van der Waals surface area contributed by atoms with Crippen molar-refractivity contribution in [3.63, 3.8) is 0 Å². The smallest absolute Gasteiger partial charge is 0.174 e. The number of hydrogen-bond acceptors (Lipinski definition) is 4. The SMILES string of the molecule is COc1ccc(OC)c(NC(=S)N2CCc3[nH]cnc3[C@@H]2c2ccc(F)cc2)c1. The van der Waals surface area contributed by atoms with Crippen LogP contribution in [0.3, 0.4) is 0 Å². The molecule has 0 fully saturated rings. The summed E-state index contributed by atoms with van der Waals surface area (Å²) < 4.78 is 24.3. The van der Waals surface area contributed by atoms with Gasteiger partial charge in [-0.1, -0.05) is 12.1 Å². The van der Waals surface area contributed by atoms with Crippen LogP contribution in [0.5, 0.6) is 11.5 Å². The Balaban J connectivity index is 1.67. The molecule has 0 bridgehead atoms. The number of aromatic amines is 1. The molecule has 0 aliphatic carbocycles. The highest BCUT2D eigenvalue weighted by Gasteiger charge is 2.32. The molecule has 29 heavy (non-hydrogen) atoms. The molecule has 0 radical (unpaired) electrons. The maximum absolute atomic E-state index is 13.5. The second-order valence-electron chi connectivity index (χ2n) is 6.66. The van der Waals surface area contributed by atoms with E-state index in [4.69, 9.17) is 21.7 Å². The predicted molar refractivity (Wildman–Crippen MR) is 113 cm³/mol. The maximum Gasteiger partial charge on any atom is 0.174 e. The highest BCUT2D eigenvalue weighted by molar-refractivity contribution is 7.80. The number of H-pyrrole nitrogens is 1. The van der Waals surface area contributed by atoms with Gasteiger partial charge in [0.05, 0.1) is 31.9 Å². The molecule has 1 aliphatic rings. The largest absolute Gasteiger partial charge is 0.497 e. The molecule has 0 amide bonds. The summed E-state index contributed by atoms with van der Waals surface area (Å²) in [6.45, 7) is 0.690. The Morgan fingerprint density at radius 3 is 2.72 bits per heavy atom. The summed E-state index contributed by atoms with van der Waals surface area (Å²) in [7, 11) is 3.21. The van der Waals surface area contributed by atoms with E-state index in [1.54, 1.807) is 32.7 Å². The van der Waals surface area contributed by atoms with Gasteiger partial charge in [0.25, 0.3) is 0 Å². The first kappa shape index (κ1) is 19.2. The van der Waals surface area contributed by atoms with Crippen molar-refractivity contribution in [1.82, 2.24) is 14.9 Å². The monoisotopic (exact) mass is 412 g/mol. The number of methoxy groups -OCH3 is 2. The van der Waals surface area contributed by atoms with Crippen LogP contribution in [0.4, 0.5) is 10.1 Å². The van der Waals surface area contributed by atoms with Crippen LogP contribution >= 0.6 is 12.2 Å². The second kappa shape index (κ2) is 8.08. The lowest BCUT2D eigenvalue weighted by molar-refractivity contribution is 0.336. The number of benzene rings is 2. The van der Waals surface area contributed by atoms with E-state index in [0.29, 0.717) is 28.8 Å². The molecule has 2 N–H and O–H groups in total. The number of halogens is 1. The normalized spacial score (nSPS) is 15.6. The zero-order valence-electron chi connectivity index (χ0n) is 16.1. The Morgan fingerprint density at radius 2 is 2.00 bits per heavy atom. The number of nitrogens with one attached hydrogen (secondary N) is 2. The minimum atomic E-state index is -0.278. The topological polar surface area (TPSA) is 62.4 Å². The van der Waals surface area contributed by atoms with Gasteiger partial charge in [-0.2, -0.15) is 0 Å². The van der Waals surface area contributed by atoms with E-state index in [1.165, 1.54) is 12.1 Å². The van der Waals surface area contributed by atoms with Crippen LogP contribution in [0.2, 0.25) is 0 Å². The lowest BCUT2D eigenvalue weighted by Gasteiger charge is -2.37. The third kappa shape index (κ3) is 3.75. The molecule has 0 spiro atoms. The minimum Gasteiger partial charge on any atom is -0.497 e. The lowest BCUT2D eigenvalue weighted by Crippen LogP contribution is -2.43. The van der Waals surface area contributed by atoms with Gasteiger partial charge in [0.2, 0.25) is 0 Å². The molecule has 0 saturated heterocycles. The molecule has 2 heterocycles. The number of fused-ring (bicyclic) bond motifs is 1. The van der Waals surface area contributed by atoms with Crippen molar-refractivity contribution in [3.05, 3.63) is 71.6 Å². The summed E-state index contributed by atoms with van der Waals surface area (Å²) in [4.78, 5) is 9.77. The fourth-order valence-electron chi connectivity index (χ4n) is 3.58. The average molecular weight is 412 g/mol. The lowest BCUT2D eigenvalue weighted by atomic mass is 9.96. The van der Waals surface area contributed by atoms with E-state index in [0.717, 1.165) is 23.4 Å². The van der Waals surface area contributed by atoms with Crippen molar-refractivity contribution in [2.24, 2.45) is 0 Å². The third-order valence-electron chi connectivity index (χ3n) is 5.02. The zero-order valence-corrected chi connectivity index (χ0v) is 16.9. The molecular formula is C21H21FN4O2S. The van der Waals surface area contributed by atoms with Gasteiger partial charge in [0.1, 0.15) is 23.4 Å². The van der Waals surface area contributed by atoms with Crippen LogP contribution in [0.25, 0.3) is 0 Å². The molecule has 8 heteroatoms. The van der Waals surface area contributed by atoms with Crippen molar-refractivity contribution in [3.8, 4) is 11.5 Å². The number of thiocarbonyl (C=S) groups is 1. The summed E-state index contributed by atoms with van der Waals surface area (Å²) in [6.07, 6.45) is 2.47. The number of rotatable bonds is 4. The first-order chi connectivity index (χ1) is 14.1. The van der Waals surface area contributed by atoms with E-state index in [2.05, 4.69) is 20.2 Å². The fraction of sp³-hybridized carbons (Fsp3) is 0.238. The molecule has 6 nitrogen and oxygen atoms in total. The predicted octanol–water partition coefficient (Wildman–Crippen LogP) is 3.91.